The summed E-state index contributed by atoms with van der Waals surface area (Å²) in [4.78, 5) is 10.3. The molecule has 0 aliphatic rings. The number of hydrogen-bond donors (Lipinski definition) is 2. The number of benzene rings is 1. The molecule has 15 heavy (non-hydrogen) atoms. The lowest BCUT2D eigenvalue weighted by Crippen LogP contribution is -2.13. The molecule has 0 radical (unpaired) electrons. The van der Waals surface area contributed by atoms with Crippen LogP contribution in [0.15, 0.2) is 36.5 Å². The van der Waals surface area contributed by atoms with Gasteiger partial charge in [-0.1, -0.05) is 24.3 Å². The molecule has 0 heterocycles. The minimum atomic E-state index is -0.945. The zero-order chi connectivity index (χ0) is 11.3. The van der Waals surface area contributed by atoms with E-state index in [2.05, 4.69) is 5.32 Å². The molecule has 0 saturated heterocycles. The van der Waals surface area contributed by atoms with Crippen LogP contribution in [0.1, 0.15) is 24.1 Å². The third-order valence-corrected chi connectivity index (χ3v) is 2.23. The normalized spacial score (nSPS) is 12.7. The highest BCUT2D eigenvalue weighted by molar-refractivity contribution is 5.79. The zero-order valence-electron chi connectivity index (χ0n) is 8.90. The fourth-order valence-corrected chi connectivity index (χ4v) is 1.43. The lowest BCUT2D eigenvalue weighted by Gasteiger charge is -2.14. The van der Waals surface area contributed by atoms with Gasteiger partial charge in [-0.3, -0.25) is 0 Å². The molecule has 0 aliphatic carbocycles. The van der Waals surface area contributed by atoms with Crippen LogP contribution in [-0.4, -0.2) is 11.1 Å². The van der Waals surface area contributed by atoms with Crippen LogP contribution in [0.3, 0.4) is 0 Å². The van der Waals surface area contributed by atoms with Crippen molar-refractivity contribution in [1.82, 2.24) is 5.32 Å². The van der Waals surface area contributed by atoms with E-state index in [9.17, 15) is 4.79 Å². The smallest absolute Gasteiger partial charge is 0.329 e. The summed E-state index contributed by atoms with van der Waals surface area (Å²) >= 11 is 0. The summed E-state index contributed by atoms with van der Waals surface area (Å²) in [5.74, 6) is -0.945. The van der Waals surface area contributed by atoms with E-state index in [4.69, 9.17) is 5.11 Å². The molecule has 1 rings (SSSR count). The lowest BCUT2D eigenvalue weighted by atomic mass is 10.0. The number of aliphatic carboxylic acids is 1. The van der Waals surface area contributed by atoms with Crippen LogP contribution in [0, 0.1) is 6.92 Å². The summed E-state index contributed by atoms with van der Waals surface area (Å²) in [6, 6.07) is 8.14. The van der Waals surface area contributed by atoms with Gasteiger partial charge in [0.1, 0.15) is 0 Å². The molecule has 3 heteroatoms. The molecular formula is C12H15NO2. The topological polar surface area (TPSA) is 49.3 Å². The molecule has 3 nitrogen and oxygen atoms in total. The minimum Gasteiger partial charge on any atom is -0.478 e. The first-order valence-corrected chi connectivity index (χ1v) is 4.82. The van der Waals surface area contributed by atoms with Crippen molar-refractivity contribution in [3.05, 3.63) is 47.7 Å². The van der Waals surface area contributed by atoms with Crippen molar-refractivity contribution < 1.29 is 9.90 Å². The second-order valence-electron chi connectivity index (χ2n) is 3.42. The second kappa shape index (κ2) is 5.20. The van der Waals surface area contributed by atoms with Gasteiger partial charge in [-0.2, -0.15) is 0 Å². The molecule has 2 N–H and O–H groups in total. The van der Waals surface area contributed by atoms with Crippen LogP contribution in [0.5, 0.6) is 0 Å². The SMILES string of the molecule is Cc1ccccc1[C@@H](C)N/C=C/C(=O)O. The first-order valence-electron chi connectivity index (χ1n) is 4.82. The summed E-state index contributed by atoms with van der Waals surface area (Å²) in [5.41, 5.74) is 2.37. The lowest BCUT2D eigenvalue weighted by molar-refractivity contribution is -0.131. The van der Waals surface area contributed by atoms with Gasteiger partial charge in [-0.05, 0) is 25.0 Å². The Balaban J connectivity index is 2.65. The molecule has 1 aromatic carbocycles. The predicted molar refractivity (Wildman–Crippen MR) is 59.5 cm³/mol. The molecule has 0 unspecified atom stereocenters. The van der Waals surface area contributed by atoms with Crippen molar-refractivity contribution in [2.45, 2.75) is 19.9 Å². The second-order valence-corrected chi connectivity index (χ2v) is 3.42. The Morgan fingerprint density at radius 3 is 2.73 bits per heavy atom. The van der Waals surface area contributed by atoms with Gasteiger partial charge in [-0.25, -0.2) is 4.79 Å². The number of aryl methyl sites for hydroxylation is 1. The van der Waals surface area contributed by atoms with E-state index >= 15 is 0 Å². The van der Waals surface area contributed by atoms with E-state index in [1.54, 1.807) is 0 Å². The quantitative estimate of drug-likeness (QED) is 0.741. The molecule has 0 aliphatic heterocycles. The standard InChI is InChI=1S/C12H15NO2/c1-9-5-3-4-6-11(9)10(2)13-8-7-12(14)15/h3-8,10,13H,1-2H3,(H,14,15)/b8-7+/t10-/m1/s1. The minimum absolute atomic E-state index is 0.113. The molecular weight excluding hydrogens is 190 g/mol. The third-order valence-electron chi connectivity index (χ3n) is 2.23. The van der Waals surface area contributed by atoms with Crippen LogP contribution in [0.2, 0.25) is 0 Å². The summed E-state index contributed by atoms with van der Waals surface area (Å²) in [6.45, 7) is 4.03. The number of carboxylic acids is 1. The van der Waals surface area contributed by atoms with Crippen LogP contribution in [0.4, 0.5) is 0 Å². The van der Waals surface area contributed by atoms with Gasteiger partial charge in [0, 0.05) is 18.3 Å². The molecule has 0 fully saturated rings. The Hall–Kier alpha value is -1.77. The van der Waals surface area contributed by atoms with Gasteiger partial charge in [0.15, 0.2) is 0 Å². The van der Waals surface area contributed by atoms with E-state index in [-0.39, 0.29) is 6.04 Å². The third kappa shape index (κ3) is 3.46. The highest BCUT2D eigenvalue weighted by Crippen LogP contribution is 2.16. The number of nitrogens with one attached hydrogen (secondary N) is 1. The van der Waals surface area contributed by atoms with Gasteiger partial charge >= 0.3 is 5.97 Å². The van der Waals surface area contributed by atoms with Gasteiger partial charge in [0.25, 0.3) is 0 Å². The first kappa shape index (κ1) is 11.3. The molecule has 0 bridgehead atoms. The van der Waals surface area contributed by atoms with Crippen LogP contribution < -0.4 is 5.32 Å². The summed E-state index contributed by atoms with van der Waals surface area (Å²) in [5, 5.41) is 11.4. The van der Waals surface area contributed by atoms with E-state index in [1.807, 2.05) is 38.1 Å². The monoisotopic (exact) mass is 205 g/mol. The zero-order valence-corrected chi connectivity index (χ0v) is 8.90. The average molecular weight is 205 g/mol. The summed E-state index contributed by atoms with van der Waals surface area (Å²) in [7, 11) is 0. The maximum atomic E-state index is 10.3. The van der Waals surface area contributed by atoms with Crippen molar-refractivity contribution in [3.8, 4) is 0 Å². The van der Waals surface area contributed by atoms with Crippen LogP contribution in [-0.2, 0) is 4.79 Å². The predicted octanol–water partition coefficient (Wildman–Crippen LogP) is 2.24. The van der Waals surface area contributed by atoms with Crippen molar-refractivity contribution in [3.63, 3.8) is 0 Å². The summed E-state index contributed by atoms with van der Waals surface area (Å²) < 4.78 is 0. The average Bonchev–Trinajstić information content (AvgIpc) is 2.17. The number of carboxylic acid groups (broad SMARTS) is 1. The van der Waals surface area contributed by atoms with Crippen LogP contribution >= 0.6 is 0 Å². The van der Waals surface area contributed by atoms with E-state index < -0.39 is 5.97 Å². The Morgan fingerprint density at radius 1 is 1.47 bits per heavy atom. The molecule has 0 amide bonds. The number of hydrogen-bond acceptors (Lipinski definition) is 2. The fourth-order valence-electron chi connectivity index (χ4n) is 1.43. The Kier molecular flexibility index (Phi) is 3.92. The first-order chi connectivity index (χ1) is 7.11. The van der Waals surface area contributed by atoms with Crippen molar-refractivity contribution in [1.29, 1.82) is 0 Å². The van der Waals surface area contributed by atoms with E-state index in [0.717, 1.165) is 6.08 Å². The largest absolute Gasteiger partial charge is 0.478 e. The maximum absolute atomic E-state index is 10.3. The molecule has 80 valence electrons. The highest BCUT2D eigenvalue weighted by Gasteiger charge is 2.04. The molecule has 0 saturated carbocycles. The van der Waals surface area contributed by atoms with Gasteiger partial charge in [-0.15, -0.1) is 0 Å². The number of rotatable bonds is 4. The maximum Gasteiger partial charge on any atom is 0.329 e. The van der Waals surface area contributed by atoms with Crippen molar-refractivity contribution in [2.75, 3.05) is 0 Å². The fraction of sp³-hybridized carbons (Fsp3) is 0.250. The Morgan fingerprint density at radius 2 is 2.13 bits per heavy atom. The van der Waals surface area contributed by atoms with Crippen LogP contribution in [0.25, 0.3) is 0 Å². The van der Waals surface area contributed by atoms with Gasteiger partial charge in [0.2, 0.25) is 0 Å². The highest BCUT2D eigenvalue weighted by atomic mass is 16.4. The Bertz CT molecular complexity index is 372. The molecule has 0 spiro atoms. The molecule has 1 atom stereocenters. The van der Waals surface area contributed by atoms with Crippen molar-refractivity contribution >= 4 is 5.97 Å². The van der Waals surface area contributed by atoms with E-state index in [1.165, 1.54) is 17.3 Å². The van der Waals surface area contributed by atoms with Gasteiger partial charge < -0.3 is 10.4 Å². The molecule has 1 aromatic rings. The van der Waals surface area contributed by atoms with Crippen molar-refractivity contribution in [2.24, 2.45) is 0 Å². The van der Waals surface area contributed by atoms with E-state index in [0.29, 0.717) is 0 Å². The van der Waals surface area contributed by atoms with Gasteiger partial charge in [0.05, 0.1) is 0 Å². The summed E-state index contributed by atoms with van der Waals surface area (Å²) in [6.07, 6.45) is 2.55. The Labute approximate surface area is 89.4 Å². The molecule has 0 aromatic heterocycles. The number of carbonyl (C=O) groups is 1.